The summed E-state index contributed by atoms with van der Waals surface area (Å²) in [6, 6.07) is 21.2. The molecule has 5 rings (SSSR count). The molecular formula is C26H20N4O5. The molecule has 0 radical (unpaired) electrons. The summed E-state index contributed by atoms with van der Waals surface area (Å²) in [6.45, 7) is -0.242. The lowest BCUT2D eigenvalue weighted by molar-refractivity contribution is -0.119. The molecule has 9 heteroatoms. The van der Waals surface area contributed by atoms with E-state index in [1.165, 1.54) is 10.9 Å². The molecule has 0 atom stereocenters. The topological polar surface area (TPSA) is 122 Å². The van der Waals surface area contributed by atoms with Crippen LogP contribution in [-0.2, 0) is 4.79 Å². The molecule has 5 aromatic rings. The van der Waals surface area contributed by atoms with E-state index in [9.17, 15) is 9.59 Å². The first-order valence-corrected chi connectivity index (χ1v) is 10.7. The highest BCUT2D eigenvalue weighted by Gasteiger charge is 2.17. The summed E-state index contributed by atoms with van der Waals surface area (Å²) in [6.07, 6.45) is 1.50. The number of para-hydroxylation sites is 1. The van der Waals surface area contributed by atoms with Gasteiger partial charge in [-0.25, -0.2) is 4.98 Å². The lowest BCUT2D eigenvalue weighted by Gasteiger charge is -2.07. The van der Waals surface area contributed by atoms with Gasteiger partial charge in [0.1, 0.15) is 17.1 Å². The first-order valence-electron chi connectivity index (χ1n) is 10.7. The number of carbonyl (C=O) groups is 1. The number of nitrogens with zero attached hydrogens (tertiary/aromatic N) is 3. The van der Waals surface area contributed by atoms with Crippen LogP contribution in [0.3, 0.4) is 0 Å². The Labute approximate surface area is 199 Å². The summed E-state index contributed by atoms with van der Waals surface area (Å²) in [7, 11) is 1.58. The van der Waals surface area contributed by atoms with Gasteiger partial charge in [-0.1, -0.05) is 30.3 Å². The van der Waals surface area contributed by atoms with Crippen molar-refractivity contribution in [2.75, 3.05) is 13.7 Å². The van der Waals surface area contributed by atoms with Gasteiger partial charge in [0.05, 0.1) is 29.6 Å². The SMILES string of the molecule is COc1cccc2oc(-c3nc4ccccc4c(=O)n3N=Cc3cccc(OCC(N)=O)c3)cc12. The highest BCUT2D eigenvalue weighted by Crippen LogP contribution is 2.32. The number of hydrogen-bond acceptors (Lipinski definition) is 7. The molecule has 0 saturated carbocycles. The first kappa shape index (κ1) is 21.9. The third kappa shape index (κ3) is 4.34. The maximum atomic E-state index is 13.4. The number of hydrogen-bond donors (Lipinski definition) is 1. The van der Waals surface area contributed by atoms with Gasteiger partial charge in [-0.05, 0) is 48.0 Å². The van der Waals surface area contributed by atoms with Gasteiger partial charge in [0.2, 0.25) is 5.82 Å². The zero-order chi connectivity index (χ0) is 24.4. The summed E-state index contributed by atoms with van der Waals surface area (Å²) in [5, 5.41) is 5.60. The van der Waals surface area contributed by atoms with Crippen LogP contribution in [0.2, 0.25) is 0 Å². The van der Waals surface area contributed by atoms with E-state index in [1.54, 1.807) is 55.6 Å². The molecule has 0 fully saturated rings. The molecule has 35 heavy (non-hydrogen) atoms. The van der Waals surface area contributed by atoms with E-state index in [0.717, 1.165) is 5.39 Å². The summed E-state index contributed by atoms with van der Waals surface area (Å²) >= 11 is 0. The largest absolute Gasteiger partial charge is 0.496 e. The van der Waals surface area contributed by atoms with Gasteiger partial charge in [0.15, 0.2) is 12.4 Å². The van der Waals surface area contributed by atoms with Crippen LogP contribution < -0.4 is 20.8 Å². The lowest BCUT2D eigenvalue weighted by Crippen LogP contribution is -2.20. The summed E-state index contributed by atoms with van der Waals surface area (Å²) < 4.78 is 18.0. The number of aromatic nitrogens is 2. The van der Waals surface area contributed by atoms with E-state index in [1.807, 2.05) is 24.3 Å². The van der Waals surface area contributed by atoms with Gasteiger partial charge in [0.25, 0.3) is 11.5 Å². The van der Waals surface area contributed by atoms with Crippen LogP contribution >= 0.6 is 0 Å². The number of furan rings is 1. The maximum absolute atomic E-state index is 13.4. The second-order valence-corrected chi connectivity index (χ2v) is 7.62. The van der Waals surface area contributed by atoms with Crippen LogP contribution in [0.15, 0.2) is 87.1 Å². The Morgan fingerprint density at radius 2 is 1.91 bits per heavy atom. The molecule has 0 aliphatic rings. The minimum atomic E-state index is -0.579. The molecular weight excluding hydrogens is 448 g/mol. The fourth-order valence-electron chi connectivity index (χ4n) is 3.68. The van der Waals surface area contributed by atoms with Crippen LogP contribution in [0.4, 0.5) is 0 Å². The number of ether oxygens (including phenoxy) is 2. The average Bonchev–Trinajstić information content (AvgIpc) is 3.31. The van der Waals surface area contributed by atoms with Crippen molar-refractivity contribution >= 4 is 34.0 Å². The molecule has 0 bridgehead atoms. The van der Waals surface area contributed by atoms with Gasteiger partial charge < -0.3 is 19.6 Å². The minimum absolute atomic E-state index is 0.240. The zero-order valence-electron chi connectivity index (χ0n) is 18.7. The van der Waals surface area contributed by atoms with E-state index in [2.05, 4.69) is 10.1 Å². The van der Waals surface area contributed by atoms with Crippen LogP contribution in [-0.4, -0.2) is 35.5 Å². The molecule has 1 amide bonds. The smallest absolute Gasteiger partial charge is 0.282 e. The minimum Gasteiger partial charge on any atom is -0.496 e. The second kappa shape index (κ2) is 9.14. The first-order chi connectivity index (χ1) is 17.0. The Morgan fingerprint density at radius 3 is 2.74 bits per heavy atom. The Balaban J connectivity index is 1.64. The van der Waals surface area contributed by atoms with Crippen LogP contribution in [0.25, 0.3) is 33.5 Å². The van der Waals surface area contributed by atoms with Crippen molar-refractivity contribution in [1.82, 2.24) is 9.66 Å². The van der Waals surface area contributed by atoms with E-state index >= 15 is 0 Å². The molecule has 2 N–H and O–H groups in total. The Bertz CT molecular complexity index is 1650. The third-order valence-corrected chi connectivity index (χ3v) is 5.28. The zero-order valence-corrected chi connectivity index (χ0v) is 18.7. The third-order valence-electron chi connectivity index (χ3n) is 5.28. The average molecular weight is 468 g/mol. The number of carbonyl (C=O) groups excluding carboxylic acids is 1. The highest BCUT2D eigenvalue weighted by atomic mass is 16.5. The second-order valence-electron chi connectivity index (χ2n) is 7.62. The number of amides is 1. The maximum Gasteiger partial charge on any atom is 0.282 e. The van der Waals surface area contributed by atoms with Crippen molar-refractivity contribution in [2.45, 2.75) is 0 Å². The molecule has 9 nitrogen and oxygen atoms in total. The molecule has 0 saturated heterocycles. The predicted molar refractivity (Wildman–Crippen MR) is 132 cm³/mol. The van der Waals surface area contributed by atoms with Crippen LogP contribution in [0.5, 0.6) is 11.5 Å². The number of methoxy groups -OCH3 is 1. The Morgan fingerprint density at radius 1 is 1.09 bits per heavy atom. The molecule has 0 aliphatic carbocycles. The highest BCUT2D eigenvalue weighted by molar-refractivity contribution is 5.88. The van der Waals surface area contributed by atoms with E-state index < -0.39 is 5.91 Å². The van der Waals surface area contributed by atoms with Crippen molar-refractivity contribution < 1.29 is 18.7 Å². The van der Waals surface area contributed by atoms with Crippen LogP contribution in [0, 0.1) is 0 Å². The summed E-state index contributed by atoms with van der Waals surface area (Å²) in [5.41, 5.74) is 6.55. The number of fused-ring (bicyclic) bond motifs is 2. The van der Waals surface area contributed by atoms with Gasteiger partial charge in [0, 0.05) is 0 Å². The Kier molecular flexibility index (Phi) is 5.72. The van der Waals surface area contributed by atoms with Gasteiger partial charge >= 0.3 is 0 Å². The molecule has 174 valence electrons. The van der Waals surface area contributed by atoms with Crippen molar-refractivity contribution in [1.29, 1.82) is 0 Å². The van der Waals surface area contributed by atoms with Crippen molar-refractivity contribution in [3.05, 3.63) is 88.7 Å². The van der Waals surface area contributed by atoms with Crippen molar-refractivity contribution in [2.24, 2.45) is 10.8 Å². The quantitative estimate of drug-likeness (QED) is 0.365. The molecule has 0 unspecified atom stereocenters. The van der Waals surface area contributed by atoms with E-state index in [4.69, 9.17) is 19.6 Å². The summed E-state index contributed by atoms with van der Waals surface area (Å²) in [5.74, 6) is 1.11. The lowest BCUT2D eigenvalue weighted by atomic mass is 10.2. The van der Waals surface area contributed by atoms with Gasteiger partial charge in [-0.15, -0.1) is 0 Å². The Hall–Kier alpha value is -4.92. The fraction of sp³-hybridized carbons (Fsp3) is 0.0769. The molecule has 0 aliphatic heterocycles. The van der Waals surface area contributed by atoms with Crippen molar-refractivity contribution in [3.8, 4) is 23.1 Å². The molecule has 2 heterocycles. The van der Waals surface area contributed by atoms with Gasteiger partial charge in [-0.2, -0.15) is 9.78 Å². The van der Waals surface area contributed by atoms with E-state index in [-0.39, 0.29) is 18.0 Å². The number of nitrogens with two attached hydrogens (primary N) is 1. The molecule has 3 aromatic carbocycles. The monoisotopic (exact) mass is 468 g/mol. The predicted octanol–water partition coefficient (Wildman–Crippen LogP) is 3.56. The molecule has 2 aromatic heterocycles. The normalized spacial score (nSPS) is 11.3. The number of benzene rings is 3. The standard InChI is InChI=1S/C26H20N4O5/c1-33-21-10-5-11-22-19(21)13-23(35-22)25-29-20-9-3-2-8-18(20)26(32)30(25)28-14-16-6-4-7-17(12-16)34-15-24(27)31/h2-14H,15H2,1H3,(H2,27,31). The fourth-order valence-corrected chi connectivity index (χ4v) is 3.68. The molecule has 0 spiro atoms. The van der Waals surface area contributed by atoms with E-state index in [0.29, 0.717) is 39.3 Å². The summed E-state index contributed by atoms with van der Waals surface area (Å²) in [4.78, 5) is 29.1. The van der Waals surface area contributed by atoms with Crippen LogP contribution in [0.1, 0.15) is 5.56 Å². The van der Waals surface area contributed by atoms with Crippen molar-refractivity contribution in [3.63, 3.8) is 0 Å². The number of rotatable bonds is 7. The number of primary amides is 1. The van der Waals surface area contributed by atoms with Gasteiger partial charge in [-0.3, -0.25) is 9.59 Å².